The van der Waals surface area contributed by atoms with Crippen LogP contribution in [0.1, 0.15) is 93.5 Å². The first-order chi connectivity index (χ1) is 23.9. The number of phosphoric ester groups is 1. The lowest BCUT2D eigenvalue weighted by Gasteiger charge is -2.47. The summed E-state index contributed by atoms with van der Waals surface area (Å²) < 4.78 is 28.2. The standard InChI is InChI=1S/C38H48ClN2O8P/c1-25(24-48-34-12-17-40-33-9-3-6-26(2)35(33)34)20-28-21-27-10-11-31(47-18-5-19-49-50(44,45)46)23-32(27)37(28)13-15-38(16-14-37,36(42)43)41-30-8-4-7-29(39)22-30/h4,7-8,10-12,17,22-23,25-26,28,41H,3,5-6,9,13-16,18-21,24H2,1-2H3,(H,42,43)(H2,44,45,46)/t25-,26-,28+,37?,38?/m1/s1. The highest BCUT2D eigenvalue weighted by Gasteiger charge is 2.54. The van der Waals surface area contributed by atoms with Crippen LogP contribution in [0.4, 0.5) is 5.69 Å². The third-order valence-electron chi connectivity index (χ3n) is 11.1. The molecule has 3 aromatic rings. The fourth-order valence-corrected chi connectivity index (χ4v) is 9.16. The SMILES string of the molecule is C[C@@H](COc1ccnc2c1[C@H](C)CCC2)C[C@H]1Cc2ccc(OCCCOP(=O)(O)O)cc2C12CCC(Nc1cccc(Cl)c1)(C(=O)O)CC2. The molecular weight excluding hydrogens is 679 g/mol. The Morgan fingerprint density at radius 3 is 2.64 bits per heavy atom. The van der Waals surface area contributed by atoms with E-state index < -0.39 is 19.3 Å². The van der Waals surface area contributed by atoms with Gasteiger partial charge < -0.3 is 29.7 Å². The molecule has 0 unspecified atom stereocenters. The van der Waals surface area contributed by atoms with Crippen molar-refractivity contribution in [3.8, 4) is 11.5 Å². The minimum Gasteiger partial charge on any atom is -0.493 e. The number of halogens is 1. The molecule has 1 spiro atoms. The molecule has 2 aromatic carbocycles. The summed E-state index contributed by atoms with van der Waals surface area (Å²) in [6.07, 6.45) is 9.55. The molecule has 0 saturated heterocycles. The van der Waals surface area contributed by atoms with Gasteiger partial charge >= 0.3 is 13.8 Å². The Morgan fingerprint density at radius 1 is 1.10 bits per heavy atom. The Labute approximate surface area is 299 Å². The number of hydrogen-bond acceptors (Lipinski definition) is 7. The largest absolute Gasteiger partial charge is 0.493 e. The first kappa shape index (κ1) is 36.6. The number of benzene rings is 2. The number of aryl methyl sites for hydroxylation is 1. The Morgan fingerprint density at radius 2 is 1.90 bits per heavy atom. The zero-order valence-electron chi connectivity index (χ0n) is 28.8. The number of aliphatic carboxylic acids is 1. The van der Waals surface area contributed by atoms with Gasteiger partial charge in [0.15, 0.2) is 0 Å². The number of pyridine rings is 1. The first-order valence-corrected chi connectivity index (χ1v) is 19.6. The average Bonchev–Trinajstić information content (AvgIpc) is 3.35. The molecule has 10 nitrogen and oxygen atoms in total. The molecule has 4 N–H and O–H groups in total. The molecule has 1 heterocycles. The topological polar surface area (TPSA) is 147 Å². The molecule has 50 heavy (non-hydrogen) atoms. The van der Waals surface area contributed by atoms with E-state index in [2.05, 4.69) is 40.8 Å². The highest BCUT2D eigenvalue weighted by molar-refractivity contribution is 7.46. The van der Waals surface area contributed by atoms with Crippen molar-refractivity contribution >= 4 is 31.1 Å². The van der Waals surface area contributed by atoms with Crippen molar-refractivity contribution < 1.29 is 38.3 Å². The van der Waals surface area contributed by atoms with Crippen molar-refractivity contribution in [1.82, 2.24) is 4.98 Å². The number of fused-ring (bicyclic) bond motifs is 3. The second kappa shape index (κ2) is 15.2. The third-order valence-corrected chi connectivity index (χ3v) is 11.8. The van der Waals surface area contributed by atoms with Crippen LogP contribution in [0.3, 0.4) is 0 Å². The van der Waals surface area contributed by atoms with Crippen molar-refractivity contribution in [2.75, 3.05) is 25.1 Å². The Bertz CT molecular complexity index is 1720. The first-order valence-electron chi connectivity index (χ1n) is 17.7. The normalized spacial score (nSPS) is 25.1. The monoisotopic (exact) mass is 726 g/mol. The lowest BCUT2D eigenvalue weighted by atomic mass is 9.59. The van der Waals surface area contributed by atoms with Crippen LogP contribution >= 0.6 is 19.4 Å². The van der Waals surface area contributed by atoms with E-state index in [1.165, 1.54) is 16.7 Å². The zero-order valence-corrected chi connectivity index (χ0v) is 30.4. The summed E-state index contributed by atoms with van der Waals surface area (Å²) >= 11 is 6.25. The van der Waals surface area contributed by atoms with Crippen molar-refractivity contribution in [1.29, 1.82) is 0 Å². The minimum absolute atomic E-state index is 0.112. The summed E-state index contributed by atoms with van der Waals surface area (Å²) in [5.74, 6) is 1.73. The van der Waals surface area contributed by atoms with E-state index in [4.69, 9.17) is 30.9 Å². The van der Waals surface area contributed by atoms with Gasteiger partial charge in [-0.15, -0.1) is 0 Å². The van der Waals surface area contributed by atoms with E-state index in [0.717, 1.165) is 43.5 Å². The van der Waals surface area contributed by atoms with Gasteiger partial charge in [0.1, 0.15) is 17.0 Å². The van der Waals surface area contributed by atoms with Gasteiger partial charge in [-0.3, -0.25) is 9.51 Å². The van der Waals surface area contributed by atoms with Crippen molar-refractivity contribution in [3.05, 3.63) is 82.1 Å². The molecule has 1 saturated carbocycles. The number of phosphoric acid groups is 1. The molecule has 6 rings (SSSR count). The van der Waals surface area contributed by atoms with Crippen LogP contribution in [-0.2, 0) is 32.1 Å². The summed E-state index contributed by atoms with van der Waals surface area (Å²) in [4.78, 5) is 35.5. The number of aromatic nitrogens is 1. The maximum Gasteiger partial charge on any atom is 0.469 e. The Hall–Kier alpha value is -3.14. The number of carboxylic acid groups (broad SMARTS) is 1. The summed E-state index contributed by atoms with van der Waals surface area (Å²) in [7, 11) is -4.53. The average molecular weight is 727 g/mol. The van der Waals surface area contributed by atoms with E-state index in [0.29, 0.717) is 61.1 Å². The molecule has 1 fully saturated rings. The lowest BCUT2D eigenvalue weighted by Crippen LogP contribution is -2.53. The quantitative estimate of drug-likeness (QED) is 0.0950. The Balaban J connectivity index is 1.21. The molecule has 1 aromatic heterocycles. The molecule has 3 atom stereocenters. The summed E-state index contributed by atoms with van der Waals surface area (Å²) in [5.41, 5.74) is 4.19. The lowest BCUT2D eigenvalue weighted by molar-refractivity contribution is -0.144. The smallest absolute Gasteiger partial charge is 0.469 e. The predicted molar refractivity (Wildman–Crippen MR) is 192 cm³/mol. The van der Waals surface area contributed by atoms with E-state index in [9.17, 15) is 14.5 Å². The number of carboxylic acids is 1. The maximum atomic E-state index is 12.9. The van der Waals surface area contributed by atoms with E-state index in [1.807, 2.05) is 30.5 Å². The van der Waals surface area contributed by atoms with Gasteiger partial charge in [-0.2, -0.15) is 0 Å². The van der Waals surface area contributed by atoms with Crippen molar-refractivity contribution in [2.45, 2.75) is 94.9 Å². The highest BCUT2D eigenvalue weighted by Crippen LogP contribution is 2.57. The number of rotatable bonds is 14. The van der Waals surface area contributed by atoms with Crippen LogP contribution < -0.4 is 14.8 Å². The Kier molecular flexibility index (Phi) is 11.2. The van der Waals surface area contributed by atoms with Gasteiger partial charge in [-0.25, -0.2) is 9.36 Å². The van der Waals surface area contributed by atoms with Gasteiger partial charge in [0.05, 0.1) is 19.8 Å². The van der Waals surface area contributed by atoms with E-state index >= 15 is 0 Å². The van der Waals surface area contributed by atoms with Crippen LogP contribution in [0.5, 0.6) is 11.5 Å². The molecular formula is C38H48ClN2O8P. The van der Waals surface area contributed by atoms with Gasteiger partial charge in [-0.05, 0) is 128 Å². The van der Waals surface area contributed by atoms with Crippen LogP contribution in [0, 0.1) is 11.8 Å². The molecule has 0 bridgehead atoms. The zero-order chi connectivity index (χ0) is 35.5. The van der Waals surface area contributed by atoms with Crippen molar-refractivity contribution in [2.24, 2.45) is 11.8 Å². The van der Waals surface area contributed by atoms with Crippen LogP contribution in [0.15, 0.2) is 54.7 Å². The highest BCUT2D eigenvalue weighted by atomic mass is 35.5. The van der Waals surface area contributed by atoms with E-state index in [-0.39, 0.29) is 30.5 Å². The van der Waals surface area contributed by atoms with E-state index in [1.54, 1.807) is 12.1 Å². The summed E-state index contributed by atoms with van der Waals surface area (Å²) in [6, 6.07) is 15.4. The van der Waals surface area contributed by atoms with Crippen LogP contribution in [0.25, 0.3) is 0 Å². The molecule has 0 radical (unpaired) electrons. The molecule has 0 amide bonds. The number of ether oxygens (including phenoxy) is 2. The van der Waals surface area contributed by atoms with Gasteiger partial charge in [-0.1, -0.05) is 37.6 Å². The fourth-order valence-electron chi connectivity index (χ4n) is 8.60. The number of nitrogens with one attached hydrogen (secondary N) is 1. The van der Waals surface area contributed by atoms with Crippen molar-refractivity contribution in [3.63, 3.8) is 0 Å². The number of carbonyl (C=O) groups is 1. The second-order valence-electron chi connectivity index (χ2n) is 14.5. The molecule has 3 aliphatic carbocycles. The van der Waals surface area contributed by atoms with Gasteiger partial charge in [0, 0.05) is 34.6 Å². The van der Waals surface area contributed by atoms with Gasteiger partial charge in [0.25, 0.3) is 0 Å². The van der Waals surface area contributed by atoms with Crippen LogP contribution in [0.2, 0.25) is 5.02 Å². The maximum absolute atomic E-state index is 12.9. The second-order valence-corrected chi connectivity index (χ2v) is 16.2. The molecule has 3 aliphatic rings. The van der Waals surface area contributed by atoms with Gasteiger partial charge in [0.2, 0.25) is 0 Å². The third kappa shape index (κ3) is 8.16. The molecule has 0 aliphatic heterocycles. The number of nitrogens with zero attached hydrogens (tertiary/aromatic N) is 1. The number of hydrogen-bond donors (Lipinski definition) is 4. The molecule has 12 heteroatoms. The minimum atomic E-state index is -4.53. The summed E-state index contributed by atoms with van der Waals surface area (Å²) in [5, 5.41) is 14.5. The van der Waals surface area contributed by atoms with Crippen LogP contribution in [-0.4, -0.2) is 51.2 Å². The fraction of sp³-hybridized carbons (Fsp3) is 0.526. The summed E-state index contributed by atoms with van der Waals surface area (Å²) in [6.45, 7) is 5.22. The predicted octanol–water partition coefficient (Wildman–Crippen LogP) is 8.08. The number of anilines is 1. The molecule has 270 valence electrons.